The van der Waals surface area contributed by atoms with Gasteiger partial charge in [0.2, 0.25) is 0 Å². The SMILES string of the molecule is CCCCCCCCCCCCCCCC(=O)O[C@@H]1CC[C@@]2(C)[C@H](CC[C@@H]3[C@@H]2CC[C@]2(C)[C@@H]([C@H](C)CCC(=O)O)CC[C@@H]32)C1. The van der Waals surface area contributed by atoms with Crippen LogP contribution >= 0.6 is 0 Å². The second-order valence-electron chi connectivity index (χ2n) is 16.7. The van der Waals surface area contributed by atoms with Crippen LogP contribution in [-0.2, 0) is 14.3 Å². The molecule has 0 aliphatic heterocycles. The van der Waals surface area contributed by atoms with Crippen LogP contribution in [0.2, 0.25) is 0 Å². The number of hydrogen-bond donors (Lipinski definition) is 1. The zero-order valence-electron chi connectivity index (χ0n) is 29.4. The Morgan fingerprint density at radius 1 is 0.727 bits per heavy atom. The van der Waals surface area contributed by atoms with Gasteiger partial charge in [0, 0.05) is 12.8 Å². The molecule has 0 radical (unpaired) electrons. The third-order valence-corrected chi connectivity index (χ3v) is 14.0. The Balaban J connectivity index is 1.12. The van der Waals surface area contributed by atoms with E-state index in [9.17, 15) is 14.7 Å². The van der Waals surface area contributed by atoms with Gasteiger partial charge in [0.05, 0.1) is 0 Å². The summed E-state index contributed by atoms with van der Waals surface area (Å²) in [7, 11) is 0. The minimum atomic E-state index is -0.646. The van der Waals surface area contributed by atoms with Gasteiger partial charge < -0.3 is 9.84 Å². The number of hydrogen-bond acceptors (Lipinski definition) is 3. The lowest BCUT2D eigenvalue weighted by atomic mass is 9.44. The molecule has 4 heteroatoms. The number of carbonyl (C=O) groups excluding carboxylic acids is 1. The zero-order chi connectivity index (χ0) is 31.6. The Morgan fingerprint density at radius 3 is 1.95 bits per heavy atom. The first-order valence-corrected chi connectivity index (χ1v) is 19.6. The summed E-state index contributed by atoms with van der Waals surface area (Å²) in [4.78, 5) is 24.0. The van der Waals surface area contributed by atoms with E-state index in [1.165, 1.54) is 122 Å². The Hall–Kier alpha value is -1.06. The average molecular weight is 615 g/mol. The normalized spacial score (nSPS) is 35.4. The number of unbranched alkanes of at least 4 members (excludes halogenated alkanes) is 12. The number of fused-ring (bicyclic) bond motifs is 5. The standard InChI is InChI=1S/C40H70O4/c1-5-6-7-8-9-10-11-12-13-14-15-16-17-18-38(43)44-32-25-27-39(3)31(29-32)20-21-33-35-23-22-34(30(2)19-24-37(41)42)40(35,4)28-26-36(33)39/h30-36H,5-29H2,1-4H3,(H,41,42)/t30-,31-,32-,33+,34-,35+,36+,39+,40-/m1/s1. The maximum Gasteiger partial charge on any atom is 0.306 e. The first kappa shape index (κ1) is 35.8. The average Bonchev–Trinajstić information content (AvgIpc) is 3.35. The van der Waals surface area contributed by atoms with Crippen molar-refractivity contribution in [3.05, 3.63) is 0 Å². The molecule has 0 unspecified atom stereocenters. The van der Waals surface area contributed by atoms with Crippen LogP contribution < -0.4 is 0 Å². The second kappa shape index (κ2) is 17.2. The highest BCUT2D eigenvalue weighted by Gasteiger charge is 2.60. The molecule has 4 nitrogen and oxygen atoms in total. The summed E-state index contributed by atoms with van der Waals surface area (Å²) in [6.07, 6.45) is 30.5. The van der Waals surface area contributed by atoms with Crippen LogP contribution in [-0.4, -0.2) is 23.1 Å². The van der Waals surface area contributed by atoms with E-state index >= 15 is 0 Å². The monoisotopic (exact) mass is 615 g/mol. The van der Waals surface area contributed by atoms with Gasteiger partial charge in [0.15, 0.2) is 0 Å². The molecule has 0 aromatic heterocycles. The van der Waals surface area contributed by atoms with Gasteiger partial charge in [-0.2, -0.15) is 0 Å². The van der Waals surface area contributed by atoms with Gasteiger partial charge in [0.25, 0.3) is 0 Å². The van der Waals surface area contributed by atoms with E-state index < -0.39 is 5.97 Å². The smallest absolute Gasteiger partial charge is 0.306 e. The van der Waals surface area contributed by atoms with Gasteiger partial charge in [0.1, 0.15) is 6.10 Å². The molecule has 254 valence electrons. The molecule has 0 heterocycles. The molecule has 0 spiro atoms. The van der Waals surface area contributed by atoms with Crippen LogP contribution in [0.5, 0.6) is 0 Å². The molecule has 0 aromatic carbocycles. The van der Waals surface area contributed by atoms with Crippen molar-refractivity contribution in [2.45, 2.75) is 194 Å². The molecular formula is C40H70O4. The minimum Gasteiger partial charge on any atom is -0.481 e. The zero-order valence-corrected chi connectivity index (χ0v) is 29.4. The quantitative estimate of drug-likeness (QED) is 0.116. The van der Waals surface area contributed by atoms with Crippen molar-refractivity contribution in [1.82, 2.24) is 0 Å². The Labute approximate surface area is 271 Å². The highest BCUT2D eigenvalue weighted by molar-refractivity contribution is 5.69. The van der Waals surface area contributed by atoms with Gasteiger partial charge in [-0.05, 0) is 117 Å². The predicted molar refractivity (Wildman–Crippen MR) is 181 cm³/mol. The third-order valence-electron chi connectivity index (χ3n) is 14.0. The summed E-state index contributed by atoms with van der Waals surface area (Å²) in [5, 5.41) is 9.25. The van der Waals surface area contributed by atoms with E-state index in [4.69, 9.17) is 4.74 Å². The molecule has 0 amide bonds. The Kier molecular flexibility index (Phi) is 14.0. The van der Waals surface area contributed by atoms with Gasteiger partial charge in [-0.15, -0.1) is 0 Å². The molecule has 4 fully saturated rings. The molecule has 0 bridgehead atoms. The highest BCUT2D eigenvalue weighted by atomic mass is 16.5. The second-order valence-corrected chi connectivity index (χ2v) is 16.7. The third kappa shape index (κ3) is 9.05. The maximum absolute atomic E-state index is 12.8. The van der Waals surface area contributed by atoms with Gasteiger partial charge >= 0.3 is 11.9 Å². The van der Waals surface area contributed by atoms with Crippen molar-refractivity contribution in [3.63, 3.8) is 0 Å². The number of esters is 1. The summed E-state index contributed by atoms with van der Waals surface area (Å²) >= 11 is 0. The van der Waals surface area contributed by atoms with Gasteiger partial charge in [-0.3, -0.25) is 9.59 Å². The van der Waals surface area contributed by atoms with Crippen LogP contribution in [0.25, 0.3) is 0 Å². The topological polar surface area (TPSA) is 63.6 Å². The van der Waals surface area contributed by atoms with E-state index in [1.54, 1.807) is 0 Å². The Bertz CT molecular complexity index is 885. The van der Waals surface area contributed by atoms with E-state index in [0.717, 1.165) is 43.4 Å². The first-order valence-electron chi connectivity index (χ1n) is 19.6. The maximum atomic E-state index is 12.8. The summed E-state index contributed by atoms with van der Waals surface area (Å²) in [6.45, 7) is 9.79. The Morgan fingerprint density at radius 2 is 1.32 bits per heavy atom. The van der Waals surface area contributed by atoms with Crippen molar-refractivity contribution < 1.29 is 19.4 Å². The van der Waals surface area contributed by atoms with Crippen molar-refractivity contribution in [1.29, 1.82) is 0 Å². The number of ether oxygens (including phenoxy) is 1. The molecule has 0 saturated heterocycles. The number of carbonyl (C=O) groups is 2. The van der Waals surface area contributed by atoms with Crippen LogP contribution in [0, 0.1) is 46.3 Å². The fourth-order valence-electron chi connectivity index (χ4n) is 11.4. The van der Waals surface area contributed by atoms with E-state index in [1.807, 2.05) is 0 Å². The van der Waals surface area contributed by atoms with E-state index in [-0.39, 0.29) is 12.1 Å². The molecule has 4 aliphatic carbocycles. The van der Waals surface area contributed by atoms with E-state index in [2.05, 4.69) is 27.7 Å². The van der Waals surface area contributed by atoms with Crippen molar-refractivity contribution >= 4 is 11.9 Å². The highest BCUT2D eigenvalue weighted by Crippen LogP contribution is 2.68. The van der Waals surface area contributed by atoms with Crippen molar-refractivity contribution in [2.24, 2.45) is 46.3 Å². The molecule has 1 N–H and O–H groups in total. The lowest BCUT2D eigenvalue weighted by Crippen LogP contribution is -2.54. The van der Waals surface area contributed by atoms with Crippen LogP contribution in [0.15, 0.2) is 0 Å². The number of carboxylic acids is 1. The number of rotatable bonds is 19. The fraction of sp³-hybridized carbons (Fsp3) is 0.950. The summed E-state index contributed by atoms with van der Waals surface area (Å²) in [5.41, 5.74) is 0.789. The number of carboxylic acid groups (broad SMARTS) is 1. The molecule has 0 aromatic rings. The molecule has 4 rings (SSSR count). The van der Waals surface area contributed by atoms with Crippen LogP contribution in [0.3, 0.4) is 0 Å². The molecule has 9 atom stereocenters. The number of aliphatic carboxylic acids is 1. The van der Waals surface area contributed by atoms with E-state index in [0.29, 0.717) is 41.4 Å². The largest absolute Gasteiger partial charge is 0.481 e. The molecular weight excluding hydrogens is 544 g/mol. The molecule has 4 saturated carbocycles. The molecule has 4 aliphatic rings. The van der Waals surface area contributed by atoms with Crippen LogP contribution in [0.4, 0.5) is 0 Å². The molecule has 44 heavy (non-hydrogen) atoms. The summed E-state index contributed by atoms with van der Waals surface area (Å²) in [5.74, 6) is 3.76. The summed E-state index contributed by atoms with van der Waals surface area (Å²) < 4.78 is 6.11. The van der Waals surface area contributed by atoms with Gasteiger partial charge in [-0.25, -0.2) is 0 Å². The van der Waals surface area contributed by atoms with Crippen LogP contribution in [0.1, 0.15) is 188 Å². The van der Waals surface area contributed by atoms with Gasteiger partial charge in [-0.1, -0.05) is 105 Å². The lowest BCUT2D eigenvalue weighted by Gasteiger charge is -2.61. The predicted octanol–water partition coefficient (Wildman–Crippen LogP) is 11.5. The first-order chi connectivity index (χ1) is 21.2. The lowest BCUT2D eigenvalue weighted by molar-refractivity contribution is -0.162. The van der Waals surface area contributed by atoms with Crippen molar-refractivity contribution in [2.75, 3.05) is 0 Å². The fourth-order valence-corrected chi connectivity index (χ4v) is 11.4. The van der Waals surface area contributed by atoms with Crippen molar-refractivity contribution in [3.8, 4) is 0 Å². The summed E-state index contributed by atoms with van der Waals surface area (Å²) in [6, 6.07) is 0. The minimum absolute atomic E-state index is 0.0535.